The van der Waals surface area contributed by atoms with E-state index in [-0.39, 0.29) is 5.91 Å². The largest absolute Gasteiger partial charge is 0.494 e. The molecule has 1 amide bonds. The number of carbonyl (C=O) groups is 1. The molecule has 0 spiro atoms. The van der Waals surface area contributed by atoms with Gasteiger partial charge in [-0.15, -0.1) is 11.3 Å². The number of benzene rings is 2. The van der Waals surface area contributed by atoms with Crippen LogP contribution in [-0.2, 0) is 11.2 Å². The third-order valence-electron chi connectivity index (χ3n) is 3.66. The number of anilines is 1. The van der Waals surface area contributed by atoms with Crippen molar-refractivity contribution in [1.29, 1.82) is 0 Å². The van der Waals surface area contributed by atoms with Crippen molar-refractivity contribution in [3.8, 4) is 17.0 Å². The number of rotatable bonds is 6. The first-order valence-corrected chi connectivity index (χ1v) is 9.06. The first-order valence-electron chi connectivity index (χ1n) is 8.18. The molecule has 0 saturated carbocycles. The van der Waals surface area contributed by atoms with E-state index in [2.05, 4.69) is 10.3 Å². The van der Waals surface area contributed by atoms with Crippen LogP contribution in [0.3, 0.4) is 0 Å². The van der Waals surface area contributed by atoms with Crippen LogP contribution < -0.4 is 10.1 Å². The number of aryl methyl sites for hydroxylation is 1. The highest BCUT2D eigenvalue weighted by atomic mass is 32.1. The average molecular weight is 352 g/mol. The molecule has 0 bridgehead atoms. The molecule has 2 aromatic carbocycles. The summed E-state index contributed by atoms with van der Waals surface area (Å²) in [4.78, 5) is 16.8. The molecule has 0 fully saturated rings. The molecule has 5 heteroatoms. The number of thiazole rings is 1. The number of aromatic nitrogens is 1. The molecule has 128 valence electrons. The van der Waals surface area contributed by atoms with E-state index in [0.29, 0.717) is 13.0 Å². The van der Waals surface area contributed by atoms with Gasteiger partial charge in [0, 0.05) is 16.6 Å². The number of amides is 1. The summed E-state index contributed by atoms with van der Waals surface area (Å²) in [5, 5.41) is 6.00. The minimum Gasteiger partial charge on any atom is -0.494 e. The van der Waals surface area contributed by atoms with Gasteiger partial charge in [0.1, 0.15) is 5.75 Å². The molecule has 1 N–H and O–H groups in total. The van der Waals surface area contributed by atoms with Crippen molar-refractivity contribution in [2.24, 2.45) is 0 Å². The second-order valence-corrected chi connectivity index (χ2v) is 6.70. The molecule has 4 nitrogen and oxygen atoms in total. The van der Waals surface area contributed by atoms with Gasteiger partial charge in [-0.3, -0.25) is 4.79 Å². The van der Waals surface area contributed by atoms with Gasteiger partial charge in [-0.2, -0.15) is 0 Å². The van der Waals surface area contributed by atoms with Crippen molar-refractivity contribution in [1.82, 2.24) is 4.98 Å². The van der Waals surface area contributed by atoms with Crippen LogP contribution in [0.4, 0.5) is 5.69 Å². The zero-order chi connectivity index (χ0) is 17.6. The predicted octanol–water partition coefficient (Wildman–Crippen LogP) is 4.70. The number of ether oxygens (including phenoxy) is 1. The molecule has 0 atom stereocenters. The summed E-state index contributed by atoms with van der Waals surface area (Å²) in [6.45, 7) is 4.56. The lowest BCUT2D eigenvalue weighted by molar-refractivity contribution is -0.115. The third-order valence-corrected chi connectivity index (χ3v) is 4.43. The van der Waals surface area contributed by atoms with Crippen LogP contribution >= 0.6 is 11.3 Å². The first kappa shape index (κ1) is 17.2. The van der Waals surface area contributed by atoms with Gasteiger partial charge in [-0.1, -0.05) is 24.3 Å². The number of nitrogens with zero attached hydrogens (tertiary/aromatic N) is 1. The molecular weight excluding hydrogens is 332 g/mol. The number of hydrogen-bond acceptors (Lipinski definition) is 4. The molecule has 0 radical (unpaired) electrons. The Morgan fingerprint density at radius 1 is 1.20 bits per heavy atom. The maximum atomic E-state index is 12.3. The Hall–Kier alpha value is -2.66. The smallest absolute Gasteiger partial charge is 0.228 e. The van der Waals surface area contributed by atoms with Crippen LogP contribution in [0.5, 0.6) is 5.75 Å². The molecule has 3 rings (SSSR count). The third kappa shape index (κ3) is 4.67. The summed E-state index contributed by atoms with van der Waals surface area (Å²) in [5.41, 5.74) is 3.67. The van der Waals surface area contributed by atoms with Crippen molar-refractivity contribution < 1.29 is 9.53 Å². The van der Waals surface area contributed by atoms with Gasteiger partial charge in [0.25, 0.3) is 0 Å². The highest BCUT2D eigenvalue weighted by Gasteiger charge is 2.07. The summed E-state index contributed by atoms with van der Waals surface area (Å²) in [6.07, 6.45) is 0.326. The van der Waals surface area contributed by atoms with Crippen LogP contribution in [0.2, 0.25) is 0 Å². The molecular formula is C20H20N2O2S. The van der Waals surface area contributed by atoms with Crippen molar-refractivity contribution in [2.45, 2.75) is 20.3 Å². The minimum absolute atomic E-state index is 0.0456. The Bertz CT molecular complexity index is 856. The normalized spacial score (nSPS) is 10.5. The van der Waals surface area contributed by atoms with Gasteiger partial charge in [0.05, 0.1) is 23.7 Å². The summed E-state index contributed by atoms with van der Waals surface area (Å²) < 4.78 is 5.41. The van der Waals surface area contributed by atoms with Gasteiger partial charge in [-0.25, -0.2) is 4.98 Å². The molecule has 0 saturated heterocycles. The molecule has 0 unspecified atom stereocenters. The van der Waals surface area contributed by atoms with Crippen LogP contribution in [0.25, 0.3) is 11.3 Å². The van der Waals surface area contributed by atoms with E-state index < -0.39 is 0 Å². The zero-order valence-electron chi connectivity index (χ0n) is 14.3. The van der Waals surface area contributed by atoms with Crippen LogP contribution in [0.1, 0.15) is 17.5 Å². The predicted molar refractivity (Wildman–Crippen MR) is 102 cm³/mol. The molecule has 0 aliphatic rings. The van der Waals surface area contributed by atoms with E-state index in [1.807, 2.05) is 67.8 Å². The fourth-order valence-corrected chi connectivity index (χ4v) is 3.14. The van der Waals surface area contributed by atoms with Gasteiger partial charge in [0.2, 0.25) is 5.91 Å². The summed E-state index contributed by atoms with van der Waals surface area (Å²) >= 11 is 1.62. The highest BCUT2D eigenvalue weighted by Crippen LogP contribution is 2.24. The van der Waals surface area contributed by atoms with E-state index in [0.717, 1.165) is 33.3 Å². The summed E-state index contributed by atoms with van der Waals surface area (Å²) in [6, 6.07) is 15.4. The van der Waals surface area contributed by atoms with E-state index in [1.165, 1.54) is 0 Å². The van der Waals surface area contributed by atoms with Crippen LogP contribution in [0.15, 0.2) is 53.9 Å². The standard InChI is InChI=1S/C20H20N2O2S/c1-3-24-18-9-7-15(8-10-18)11-20(23)22-17-6-4-5-16(12-17)19-13-25-14(2)21-19/h4-10,12-13H,3,11H2,1-2H3,(H,22,23). The highest BCUT2D eigenvalue weighted by molar-refractivity contribution is 7.09. The maximum Gasteiger partial charge on any atom is 0.228 e. The fourth-order valence-electron chi connectivity index (χ4n) is 2.51. The lowest BCUT2D eigenvalue weighted by atomic mass is 10.1. The van der Waals surface area contributed by atoms with Crippen molar-refractivity contribution in [3.63, 3.8) is 0 Å². The fraction of sp³-hybridized carbons (Fsp3) is 0.200. The Kier molecular flexibility index (Phi) is 5.46. The van der Waals surface area contributed by atoms with Crippen molar-refractivity contribution in [2.75, 3.05) is 11.9 Å². The molecule has 0 aliphatic carbocycles. The minimum atomic E-state index is -0.0456. The Morgan fingerprint density at radius 2 is 2.00 bits per heavy atom. The second-order valence-electron chi connectivity index (χ2n) is 5.63. The summed E-state index contributed by atoms with van der Waals surface area (Å²) in [7, 11) is 0. The van der Waals surface area contributed by atoms with E-state index in [1.54, 1.807) is 11.3 Å². The van der Waals surface area contributed by atoms with Crippen molar-refractivity contribution >= 4 is 22.9 Å². The Balaban J connectivity index is 1.64. The molecule has 1 aromatic heterocycles. The van der Waals surface area contributed by atoms with Crippen molar-refractivity contribution in [3.05, 3.63) is 64.5 Å². The van der Waals surface area contributed by atoms with Gasteiger partial charge in [-0.05, 0) is 43.7 Å². The monoisotopic (exact) mass is 352 g/mol. The first-order chi connectivity index (χ1) is 12.1. The van der Waals surface area contributed by atoms with Gasteiger partial charge >= 0.3 is 0 Å². The van der Waals surface area contributed by atoms with Gasteiger partial charge in [0.15, 0.2) is 0 Å². The van der Waals surface area contributed by atoms with E-state index in [4.69, 9.17) is 4.74 Å². The Labute approximate surface area is 151 Å². The molecule has 25 heavy (non-hydrogen) atoms. The maximum absolute atomic E-state index is 12.3. The summed E-state index contributed by atoms with van der Waals surface area (Å²) in [5.74, 6) is 0.772. The molecule has 1 heterocycles. The zero-order valence-corrected chi connectivity index (χ0v) is 15.1. The van der Waals surface area contributed by atoms with Gasteiger partial charge < -0.3 is 10.1 Å². The second kappa shape index (κ2) is 7.94. The lowest BCUT2D eigenvalue weighted by Gasteiger charge is -2.08. The quantitative estimate of drug-likeness (QED) is 0.700. The molecule has 0 aliphatic heterocycles. The molecule has 3 aromatic rings. The number of hydrogen-bond donors (Lipinski definition) is 1. The number of nitrogens with one attached hydrogen (secondary N) is 1. The van der Waals surface area contributed by atoms with Crippen LogP contribution in [-0.4, -0.2) is 17.5 Å². The van der Waals surface area contributed by atoms with E-state index >= 15 is 0 Å². The topological polar surface area (TPSA) is 51.2 Å². The number of carbonyl (C=O) groups excluding carboxylic acids is 1. The van der Waals surface area contributed by atoms with Crippen LogP contribution in [0, 0.1) is 6.92 Å². The van der Waals surface area contributed by atoms with E-state index in [9.17, 15) is 4.79 Å². The SMILES string of the molecule is CCOc1ccc(CC(=O)Nc2cccc(-c3csc(C)n3)c2)cc1. The lowest BCUT2D eigenvalue weighted by Crippen LogP contribution is -2.14. The Morgan fingerprint density at radius 3 is 2.68 bits per heavy atom. The average Bonchev–Trinajstić information content (AvgIpc) is 3.04.